The molecule has 0 bridgehead atoms. The van der Waals surface area contributed by atoms with Gasteiger partial charge in [0, 0.05) is 9.81 Å². The third-order valence-corrected chi connectivity index (χ3v) is 3.51. The molecule has 0 rings (SSSR count). The maximum absolute atomic E-state index is 3.46. The minimum atomic E-state index is 0.945. The normalized spacial score (nSPS) is 12.1. The van der Waals surface area contributed by atoms with Gasteiger partial charge in [-0.05, 0) is 12.8 Å². The third-order valence-electron chi connectivity index (χ3n) is 1.55. The second kappa shape index (κ2) is 8.79. The van der Waals surface area contributed by atoms with E-state index in [4.69, 9.17) is 0 Å². The molecule has 0 heterocycles. The highest BCUT2D eigenvalue weighted by Crippen LogP contribution is 2.11. The predicted octanol–water partition coefficient (Wildman–Crippen LogP) is 4.63. The number of alkyl halides is 1. The second-order valence-corrected chi connectivity index (χ2v) is 4.21. The highest BCUT2D eigenvalue weighted by atomic mass is 79.9. The number of rotatable bonds is 6. The van der Waals surface area contributed by atoms with Crippen LogP contribution in [-0.4, -0.2) is 5.33 Å². The van der Waals surface area contributed by atoms with Crippen molar-refractivity contribution in [3.63, 3.8) is 0 Å². The van der Waals surface area contributed by atoms with Crippen molar-refractivity contribution >= 4 is 31.9 Å². The van der Waals surface area contributed by atoms with E-state index in [2.05, 4.69) is 44.9 Å². The van der Waals surface area contributed by atoms with Crippen molar-refractivity contribution in [3.8, 4) is 0 Å². The van der Waals surface area contributed by atoms with Gasteiger partial charge in [0.2, 0.25) is 0 Å². The molecule has 0 saturated carbocycles. The summed E-state index contributed by atoms with van der Waals surface area (Å²) in [5.74, 6) is 0. The molecule has 0 unspecified atom stereocenters. The molecule has 0 atom stereocenters. The molecule has 0 aliphatic rings. The van der Waals surface area contributed by atoms with E-state index in [1.54, 1.807) is 0 Å². The number of halogens is 2. The van der Waals surface area contributed by atoms with Gasteiger partial charge in [0.15, 0.2) is 0 Å². The Hall–Kier alpha value is 0.700. The molecular weight excluding hydrogens is 268 g/mol. The lowest BCUT2D eigenvalue weighted by atomic mass is 10.1. The Morgan fingerprint density at radius 1 is 1.27 bits per heavy atom. The minimum absolute atomic E-state index is 0.945. The summed E-state index contributed by atoms with van der Waals surface area (Å²) in [6.45, 7) is 2.24. The minimum Gasteiger partial charge on any atom is -0.0871 e. The van der Waals surface area contributed by atoms with Gasteiger partial charge in [0.05, 0.1) is 0 Å². The van der Waals surface area contributed by atoms with Gasteiger partial charge < -0.3 is 0 Å². The molecule has 0 aromatic heterocycles. The van der Waals surface area contributed by atoms with E-state index in [-0.39, 0.29) is 0 Å². The Kier molecular flexibility index (Phi) is 9.35. The van der Waals surface area contributed by atoms with E-state index in [1.807, 2.05) is 0 Å². The van der Waals surface area contributed by atoms with Crippen molar-refractivity contribution in [2.45, 2.75) is 39.0 Å². The zero-order valence-corrected chi connectivity index (χ0v) is 10.2. The standard InChI is InChI=1S/C9H16Br2/c1-2-3-4-5-6-7-9(11)8-10/h7H,2-6,8H2,1H3/b9-7+. The molecular formula is C9H16Br2. The summed E-state index contributed by atoms with van der Waals surface area (Å²) < 4.78 is 1.27. The van der Waals surface area contributed by atoms with Crippen molar-refractivity contribution in [3.05, 3.63) is 10.6 Å². The molecule has 66 valence electrons. The van der Waals surface area contributed by atoms with Crippen molar-refractivity contribution in [1.82, 2.24) is 0 Å². The molecule has 0 aromatic carbocycles. The van der Waals surface area contributed by atoms with Crippen LogP contribution in [0.3, 0.4) is 0 Å². The molecule has 0 aromatic rings. The van der Waals surface area contributed by atoms with Crippen molar-refractivity contribution < 1.29 is 0 Å². The van der Waals surface area contributed by atoms with Crippen molar-refractivity contribution in [2.75, 3.05) is 5.33 Å². The smallest absolute Gasteiger partial charge is 0.0346 e. The Morgan fingerprint density at radius 2 is 2.00 bits per heavy atom. The van der Waals surface area contributed by atoms with Crippen LogP contribution in [-0.2, 0) is 0 Å². The topological polar surface area (TPSA) is 0 Å². The number of hydrogen-bond donors (Lipinski definition) is 0. The first-order valence-corrected chi connectivity index (χ1v) is 6.13. The lowest BCUT2D eigenvalue weighted by molar-refractivity contribution is 0.674. The lowest BCUT2D eigenvalue weighted by Crippen LogP contribution is -1.76. The summed E-state index contributed by atoms with van der Waals surface area (Å²) in [5.41, 5.74) is 0. The Balaban J connectivity index is 3.12. The molecule has 0 aliphatic heterocycles. The van der Waals surface area contributed by atoms with E-state index in [9.17, 15) is 0 Å². The average molecular weight is 284 g/mol. The van der Waals surface area contributed by atoms with Crippen LogP contribution in [0.1, 0.15) is 39.0 Å². The van der Waals surface area contributed by atoms with E-state index in [1.165, 1.54) is 36.6 Å². The quantitative estimate of drug-likeness (QED) is 0.492. The summed E-state index contributed by atoms with van der Waals surface area (Å²) in [6, 6.07) is 0. The lowest BCUT2D eigenvalue weighted by Gasteiger charge is -1.95. The number of unbranched alkanes of at least 4 members (excludes halogenated alkanes) is 4. The van der Waals surface area contributed by atoms with Gasteiger partial charge in [-0.25, -0.2) is 0 Å². The van der Waals surface area contributed by atoms with E-state index >= 15 is 0 Å². The highest BCUT2D eigenvalue weighted by Gasteiger charge is 1.88. The fourth-order valence-electron chi connectivity index (χ4n) is 0.884. The van der Waals surface area contributed by atoms with E-state index < -0.39 is 0 Å². The summed E-state index contributed by atoms with van der Waals surface area (Å²) in [5, 5.41) is 0.945. The van der Waals surface area contributed by atoms with Gasteiger partial charge in [-0.2, -0.15) is 0 Å². The van der Waals surface area contributed by atoms with E-state index in [0.29, 0.717) is 0 Å². The van der Waals surface area contributed by atoms with Gasteiger partial charge in [-0.1, -0.05) is 64.1 Å². The molecule has 11 heavy (non-hydrogen) atoms. The van der Waals surface area contributed by atoms with Crippen LogP contribution in [0.25, 0.3) is 0 Å². The first kappa shape index (κ1) is 11.7. The van der Waals surface area contributed by atoms with Crippen molar-refractivity contribution in [2.24, 2.45) is 0 Å². The SMILES string of the molecule is CCCCCC/C=C(/Br)CBr. The first-order chi connectivity index (χ1) is 5.31. The molecule has 0 N–H and O–H groups in total. The van der Waals surface area contributed by atoms with Crippen LogP contribution in [0.4, 0.5) is 0 Å². The molecule has 0 spiro atoms. The summed E-state index contributed by atoms with van der Waals surface area (Å²) in [6.07, 6.45) is 8.87. The van der Waals surface area contributed by atoms with Crippen LogP contribution < -0.4 is 0 Å². The van der Waals surface area contributed by atoms with Gasteiger partial charge in [0.25, 0.3) is 0 Å². The largest absolute Gasteiger partial charge is 0.0871 e. The summed E-state index contributed by atoms with van der Waals surface area (Å²) >= 11 is 6.84. The van der Waals surface area contributed by atoms with Crippen LogP contribution in [0.15, 0.2) is 10.6 Å². The maximum atomic E-state index is 3.46. The van der Waals surface area contributed by atoms with Crippen LogP contribution in [0.5, 0.6) is 0 Å². The van der Waals surface area contributed by atoms with Crippen LogP contribution in [0.2, 0.25) is 0 Å². The molecule has 2 heteroatoms. The van der Waals surface area contributed by atoms with Gasteiger partial charge in [-0.15, -0.1) is 0 Å². The Morgan fingerprint density at radius 3 is 2.55 bits per heavy atom. The molecule has 0 amide bonds. The first-order valence-electron chi connectivity index (χ1n) is 4.21. The van der Waals surface area contributed by atoms with Gasteiger partial charge >= 0.3 is 0 Å². The summed E-state index contributed by atoms with van der Waals surface area (Å²) in [7, 11) is 0. The fraction of sp³-hybridized carbons (Fsp3) is 0.778. The average Bonchev–Trinajstić information content (AvgIpc) is 2.04. The van der Waals surface area contributed by atoms with Gasteiger partial charge in [0.1, 0.15) is 0 Å². The number of allylic oxidation sites excluding steroid dienone is 2. The van der Waals surface area contributed by atoms with Crippen molar-refractivity contribution in [1.29, 1.82) is 0 Å². The molecule has 0 fully saturated rings. The second-order valence-electron chi connectivity index (χ2n) is 2.63. The zero-order valence-electron chi connectivity index (χ0n) is 7.08. The fourth-order valence-corrected chi connectivity index (χ4v) is 1.34. The highest BCUT2D eigenvalue weighted by molar-refractivity contribution is 9.13. The monoisotopic (exact) mass is 282 g/mol. The Labute approximate surface area is 86.7 Å². The van der Waals surface area contributed by atoms with Crippen LogP contribution >= 0.6 is 31.9 Å². The third kappa shape index (κ3) is 8.61. The molecule has 0 saturated heterocycles. The molecule has 0 nitrogen and oxygen atoms in total. The van der Waals surface area contributed by atoms with E-state index in [0.717, 1.165) is 5.33 Å². The van der Waals surface area contributed by atoms with Crippen LogP contribution in [0, 0.1) is 0 Å². The molecule has 0 radical (unpaired) electrons. The predicted molar refractivity (Wildman–Crippen MR) is 59.6 cm³/mol. The maximum Gasteiger partial charge on any atom is 0.0346 e. The molecule has 0 aliphatic carbocycles. The Bertz CT molecular complexity index is 108. The zero-order chi connectivity index (χ0) is 8.53. The summed E-state index contributed by atoms with van der Waals surface area (Å²) in [4.78, 5) is 0. The van der Waals surface area contributed by atoms with Gasteiger partial charge in [-0.3, -0.25) is 0 Å². The number of hydrogen-bond acceptors (Lipinski definition) is 0.